The third-order valence-electron chi connectivity index (χ3n) is 5.74. The summed E-state index contributed by atoms with van der Waals surface area (Å²) < 4.78 is 5.52. The van der Waals surface area contributed by atoms with Crippen LogP contribution in [0.25, 0.3) is 0 Å². The number of methoxy groups -OCH3 is 1. The van der Waals surface area contributed by atoms with E-state index in [4.69, 9.17) is 4.74 Å². The van der Waals surface area contributed by atoms with Crippen molar-refractivity contribution in [2.24, 2.45) is 0 Å². The quantitative estimate of drug-likeness (QED) is 0.843. The van der Waals surface area contributed by atoms with Gasteiger partial charge in [0, 0.05) is 36.4 Å². The van der Waals surface area contributed by atoms with Crippen LogP contribution in [-0.2, 0) is 16.0 Å². The van der Waals surface area contributed by atoms with E-state index < -0.39 is 6.04 Å². The van der Waals surface area contributed by atoms with Crippen LogP contribution in [0.4, 0.5) is 17.1 Å². The molecule has 152 valence electrons. The van der Waals surface area contributed by atoms with Crippen molar-refractivity contribution in [2.75, 3.05) is 28.8 Å². The summed E-state index contributed by atoms with van der Waals surface area (Å²) in [5.74, 6) is 0.791. The fraction of sp³-hybridized carbons (Fsp3) is 0.391. The fourth-order valence-electron chi connectivity index (χ4n) is 4.31. The average Bonchev–Trinajstić information content (AvgIpc) is 3.29. The summed E-state index contributed by atoms with van der Waals surface area (Å²) in [6, 6.07) is 13.5. The van der Waals surface area contributed by atoms with E-state index in [2.05, 4.69) is 18.3 Å². The van der Waals surface area contributed by atoms with Crippen LogP contribution in [-0.4, -0.2) is 37.6 Å². The van der Waals surface area contributed by atoms with Gasteiger partial charge in [0.05, 0.1) is 12.8 Å². The smallest absolute Gasteiger partial charge is 0.249 e. The van der Waals surface area contributed by atoms with Crippen LogP contribution in [0, 0.1) is 0 Å². The van der Waals surface area contributed by atoms with E-state index in [9.17, 15) is 9.59 Å². The van der Waals surface area contributed by atoms with Gasteiger partial charge >= 0.3 is 0 Å². The van der Waals surface area contributed by atoms with Crippen LogP contribution in [0.5, 0.6) is 5.75 Å². The lowest BCUT2D eigenvalue weighted by Gasteiger charge is -2.27. The fourth-order valence-corrected chi connectivity index (χ4v) is 4.31. The maximum Gasteiger partial charge on any atom is 0.249 e. The van der Waals surface area contributed by atoms with Crippen molar-refractivity contribution in [2.45, 2.75) is 45.2 Å². The second kappa shape index (κ2) is 7.78. The van der Waals surface area contributed by atoms with Crippen LogP contribution in [0.2, 0.25) is 0 Å². The molecule has 1 fully saturated rings. The largest absolute Gasteiger partial charge is 0.494 e. The Kier molecular flexibility index (Phi) is 5.18. The number of anilines is 3. The molecule has 6 nitrogen and oxygen atoms in total. The lowest BCUT2D eigenvalue weighted by molar-refractivity contribution is -0.119. The Bertz CT molecular complexity index is 943. The number of amides is 2. The minimum atomic E-state index is -0.396. The highest BCUT2D eigenvalue weighted by Gasteiger charge is 2.33. The maximum atomic E-state index is 13.2. The van der Waals surface area contributed by atoms with Gasteiger partial charge in [-0.2, -0.15) is 0 Å². The average molecular weight is 393 g/mol. The molecule has 2 aliphatic rings. The zero-order valence-electron chi connectivity index (χ0n) is 17.1. The predicted octanol–water partition coefficient (Wildman–Crippen LogP) is 3.60. The summed E-state index contributed by atoms with van der Waals surface area (Å²) >= 11 is 0. The minimum absolute atomic E-state index is 0.0419. The second-order valence-corrected chi connectivity index (χ2v) is 7.79. The van der Waals surface area contributed by atoms with E-state index in [1.807, 2.05) is 48.2 Å². The molecule has 0 saturated carbocycles. The van der Waals surface area contributed by atoms with Crippen LogP contribution in [0.15, 0.2) is 42.5 Å². The first-order valence-corrected chi connectivity index (χ1v) is 10.2. The summed E-state index contributed by atoms with van der Waals surface area (Å²) in [7, 11) is 1.60. The molecule has 0 aliphatic carbocycles. The van der Waals surface area contributed by atoms with E-state index in [0.29, 0.717) is 18.7 Å². The molecule has 29 heavy (non-hydrogen) atoms. The molecule has 0 aromatic heterocycles. The van der Waals surface area contributed by atoms with Crippen molar-refractivity contribution in [3.63, 3.8) is 0 Å². The molecule has 6 heteroatoms. The van der Waals surface area contributed by atoms with E-state index in [1.54, 1.807) is 12.0 Å². The summed E-state index contributed by atoms with van der Waals surface area (Å²) in [4.78, 5) is 28.9. The van der Waals surface area contributed by atoms with Gasteiger partial charge in [-0.3, -0.25) is 9.59 Å². The van der Waals surface area contributed by atoms with Gasteiger partial charge in [0.2, 0.25) is 11.8 Å². The zero-order chi connectivity index (χ0) is 20.5. The van der Waals surface area contributed by atoms with Crippen molar-refractivity contribution >= 4 is 28.9 Å². The van der Waals surface area contributed by atoms with Crippen LogP contribution in [0.3, 0.4) is 0 Å². The maximum absolute atomic E-state index is 13.2. The monoisotopic (exact) mass is 393 g/mol. The van der Waals surface area contributed by atoms with Crippen LogP contribution in [0.1, 0.15) is 32.3 Å². The van der Waals surface area contributed by atoms with Gasteiger partial charge in [0.25, 0.3) is 0 Å². The first-order valence-electron chi connectivity index (χ1n) is 10.2. The molecule has 0 radical (unpaired) electrons. The lowest BCUT2D eigenvalue weighted by atomic mass is 10.1. The van der Waals surface area contributed by atoms with Crippen LogP contribution >= 0.6 is 0 Å². The Balaban J connectivity index is 1.52. The number of nitrogens with zero attached hydrogens (tertiary/aromatic N) is 2. The van der Waals surface area contributed by atoms with Crippen molar-refractivity contribution in [3.05, 3.63) is 48.0 Å². The molecule has 2 atom stereocenters. The molecule has 2 aromatic carbocycles. The standard InChI is InChI=1S/C23H27N3O3/c1-15-13-17-7-4-5-8-19(17)26(15)23(28)16(2)24-18-10-11-20(21(14-18)29-3)25-12-6-9-22(25)27/h4-5,7-8,10-11,14-16,24H,6,9,12-13H2,1-3H3/t15-,16-/m1/s1. The number of fused-ring (bicyclic) bond motifs is 1. The minimum Gasteiger partial charge on any atom is -0.494 e. The predicted molar refractivity (Wildman–Crippen MR) is 115 cm³/mol. The molecule has 0 unspecified atom stereocenters. The molecule has 2 amide bonds. The number of hydrogen-bond donors (Lipinski definition) is 1. The molecular formula is C23H27N3O3. The second-order valence-electron chi connectivity index (χ2n) is 7.79. The number of rotatable bonds is 5. The van der Waals surface area contributed by atoms with Gasteiger partial charge in [-0.1, -0.05) is 18.2 Å². The number of carbonyl (C=O) groups excluding carboxylic acids is 2. The van der Waals surface area contributed by atoms with Gasteiger partial charge in [-0.25, -0.2) is 0 Å². The van der Waals surface area contributed by atoms with Crippen molar-refractivity contribution in [3.8, 4) is 5.75 Å². The van der Waals surface area contributed by atoms with Gasteiger partial charge in [-0.15, -0.1) is 0 Å². The van der Waals surface area contributed by atoms with E-state index in [-0.39, 0.29) is 17.9 Å². The first-order chi connectivity index (χ1) is 14.0. The Morgan fingerprint density at radius 2 is 2.00 bits per heavy atom. The summed E-state index contributed by atoms with van der Waals surface area (Å²) in [6.07, 6.45) is 2.31. The van der Waals surface area contributed by atoms with Crippen molar-refractivity contribution in [1.82, 2.24) is 0 Å². The van der Waals surface area contributed by atoms with Gasteiger partial charge in [0.1, 0.15) is 11.8 Å². The number of ether oxygens (including phenoxy) is 1. The topological polar surface area (TPSA) is 61.9 Å². The molecule has 1 N–H and O–H groups in total. The number of carbonyl (C=O) groups is 2. The van der Waals surface area contributed by atoms with E-state index in [1.165, 1.54) is 5.56 Å². The molecule has 2 aliphatic heterocycles. The van der Waals surface area contributed by atoms with E-state index in [0.717, 1.165) is 29.9 Å². The number of nitrogens with one attached hydrogen (secondary N) is 1. The van der Waals surface area contributed by atoms with Crippen molar-refractivity contribution < 1.29 is 14.3 Å². The summed E-state index contributed by atoms with van der Waals surface area (Å²) in [5.41, 5.74) is 3.78. The first kappa shape index (κ1) is 19.3. The highest BCUT2D eigenvalue weighted by Crippen LogP contribution is 2.35. The third kappa shape index (κ3) is 3.55. The van der Waals surface area contributed by atoms with Gasteiger partial charge in [-0.05, 0) is 50.5 Å². The molecule has 0 bridgehead atoms. The molecule has 2 heterocycles. The molecular weight excluding hydrogens is 366 g/mol. The van der Waals surface area contributed by atoms with Crippen molar-refractivity contribution in [1.29, 1.82) is 0 Å². The molecule has 2 aromatic rings. The Morgan fingerprint density at radius 3 is 2.72 bits per heavy atom. The molecule has 1 saturated heterocycles. The van der Waals surface area contributed by atoms with Crippen LogP contribution < -0.4 is 19.9 Å². The van der Waals surface area contributed by atoms with Gasteiger partial charge in [0.15, 0.2) is 0 Å². The highest BCUT2D eigenvalue weighted by atomic mass is 16.5. The Hall–Kier alpha value is -3.02. The summed E-state index contributed by atoms with van der Waals surface area (Å²) in [5, 5.41) is 3.30. The highest BCUT2D eigenvalue weighted by molar-refractivity contribution is 6.01. The lowest BCUT2D eigenvalue weighted by Crippen LogP contribution is -2.44. The SMILES string of the molecule is COc1cc(N[C@H](C)C(=O)N2c3ccccc3C[C@H]2C)ccc1N1CCCC1=O. The van der Waals surface area contributed by atoms with E-state index >= 15 is 0 Å². The molecule has 4 rings (SSSR count). The third-order valence-corrected chi connectivity index (χ3v) is 5.74. The summed E-state index contributed by atoms with van der Waals surface area (Å²) in [6.45, 7) is 4.67. The normalized spacial score (nSPS) is 19.3. The number of benzene rings is 2. The number of hydrogen-bond acceptors (Lipinski definition) is 4. The zero-order valence-corrected chi connectivity index (χ0v) is 17.1. The Morgan fingerprint density at radius 1 is 1.21 bits per heavy atom. The molecule has 0 spiro atoms. The Labute approximate surface area is 171 Å². The number of para-hydroxylation sites is 1. The van der Waals surface area contributed by atoms with Gasteiger partial charge < -0.3 is 19.9 Å².